The van der Waals surface area contributed by atoms with Crippen molar-refractivity contribution in [3.8, 4) is 0 Å². The molecule has 104 valence electrons. The Hall–Kier alpha value is -1.40. The van der Waals surface area contributed by atoms with Crippen molar-refractivity contribution in [3.05, 3.63) is 12.3 Å². The third kappa shape index (κ3) is 2.79. The van der Waals surface area contributed by atoms with Crippen LogP contribution in [-0.4, -0.2) is 54.1 Å². The van der Waals surface area contributed by atoms with Crippen LogP contribution in [0.3, 0.4) is 0 Å². The number of anilines is 2. The van der Waals surface area contributed by atoms with Crippen molar-refractivity contribution in [2.24, 2.45) is 5.92 Å². The number of aliphatic hydroxyl groups excluding tert-OH is 1. The van der Waals surface area contributed by atoms with Crippen molar-refractivity contribution in [2.45, 2.75) is 18.9 Å². The third-order valence-corrected chi connectivity index (χ3v) is 4.01. The Labute approximate surface area is 113 Å². The van der Waals surface area contributed by atoms with Crippen LogP contribution in [0.1, 0.15) is 12.8 Å². The van der Waals surface area contributed by atoms with E-state index in [2.05, 4.69) is 25.7 Å². The molecule has 0 radical (unpaired) electrons. The van der Waals surface area contributed by atoms with Crippen LogP contribution in [-0.2, 0) is 0 Å². The minimum absolute atomic E-state index is 0.196. The summed E-state index contributed by atoms with van der Waals surface area (Å²) in [6.07, 6.45) is 3.84. The fraction of sp³-hybridized carbons (Fsp3) is 0.692. The first-order valence-corrected chi connectivity index (χ1v) is 7.02. The second-order valence-corrected chi connectivity index (χ2v) is 5.32. The monoisotopic (exact) mass is 263 g/mol. The van der Waals surface area contributed by atoms with E-state index in [9.17, 15) is 0 Å². The molecule has 1 aromatic heterocycles. The van der Waals surface area contributed by atoms with Gasteiger partial charge in [0.25, 0.3) is 0 Å². The van der Waals surface area contributed by atoms with E-state index < -0.39 is 0 Å². The summed E-state index contributed by atoms with van der Waals surface area (Å²) < 4.78 is 0. The van der Waals surface area contributed by atoms with E-state index in [1.54, 1.807) is 0 Å². The van der Waals surface area contributed by atoms with Crippen LogP contribution < -0.4 is 15.5 Å². The lowest BCUT2D eigenvalue weighted by molar-refractivity contribution is 0.292. The third-order valence-electron chi connectivity index (χ3n) is 4.01. The molecule has 0 aromatic carbocycles. The molecule has 0 spiro atoms. The van der Waals surface area contributed by atoms with E-state index in [1.807, 2.05) is 12.3 Å². The summed E-state index contributed by atoms with van der Waals surface area (Å²) >= 11 is 0. The summed E-state index contributed by atoms with van der Waals surface area (Å²) in [5.41, 5.74) is 1.14. The highest BCUT2D eigenvalue weighted by atomic mass is 16.3. The molecular formula is C13H21N5O. The quantitative estimate of drug-likeness (QED) is 0.653. The summed E-state index contributed by atoms with van der Waals surface area (Å²) in [5.74, 6) is 1.56. The average Bonchev–Trinajstić information content (AvgIpc) is 3.00. The second-order valence-electron chi connectivity index (χ2n) is 5.32. The molecule has 1 aromatic rings. The zero-order valence-electron chi connectivity index (χ0n) is 11.0. The average molecular weight is 263 g/mol. The molecule has 2 saturated heterocycles. The van der Waals surface area contributed by atoms with Gasteiger partial charge in [0, 0.05) is 38.3 Å². The second kappa shape index (κ2) is 5.71. The Kier molecular flexibility index (Phi) is 3.79. The maximum Gasteiger partial charge on any atom is 0.150 e. The van der Waals surface area contributed by atoms with Crippen molar-refractivity contribution in [1.29, 1.82) is 0 Å². The molecule has 0 unspecified atom stereocenters. The Bertz CT molecular complexity index is 415. The molecule has 0 saturated carbocycles. The van der Waals surface area contributed by atoms with E-state index in [1.165, 1.54) is 6.42 Å². The molecule has 0 bridgehead atoms. The first-order chi connectivity index (χ1) is 9.36. The minimum Gasteiger partial charge on any atom is -0.396 e. The molecule has 2 aliphatic heterocycles. The van der Waals surface area contributed by atoms with Gasteiger partial charge in [0.1, 0.15) is 0 Å². The summed E-state index contributed by atoms with van der Waals surface area (Å²) in [6.45, 7) is 4.25. The summed E-state index contributed by atoms with van der Waals surface area (Å²) in [5, 5.41) is 23.6. The van der Waals surface area contributed by atoms with Gasteiger partial charge in [-0.25, -0.2) is 0 Å². The molecule has 3 rings (SSSR count). The largest absolute Gasteiger partial charge is 0.396 e. The van der Waals surface area contributed by atoms with Gasteiger partial charge in [-0.2, -0.15) is 5.10 Å². The van der Waals surface area contributed by atoms with Gasteiger partial charge in [0.05, 0.1) is 11.9 Å². The van der Waals surface area contributed by atoms with Crippen molar-refractivity contribution < 1.29 is 5.11 Å². The molecule has 6 heteroatoms. The molecule has 2 fully saturated rings. The molecule has 3 heterocycles. The van der Waals surface area contributed by atoms with E-state index in [-0.39, 0.29) is 6.61 Å². The van der Waals surface area contributed by atoms with Crippen molar-refractivity contribution >= 4 is 11.5 Å². The Morgan fingerprint density at radius 1 is 1.47 bits per heavy atom. The van der Waals surface area contributed by atoms with Crippen LogP contribution in [0.5, 0.6) is 0 Å². The number of rotatable bonds is 5. The molecule has 0 amide bonds. The standard InChI is InChI=1S/C13H21N5O/c19-5-1-3-15-13-6-11(7-16-17-13)18-8-10-2-4-14-12(10)9-18/h6-7,10,12,14,19H,1-5,8-9H2,(H,15,17)/t10-,12+/m1/s1. The Balaban J connectivity index is 1.63. The summed E-state index contributed by atoms with van der Waals surface area (Å²) in [6, 6.07) is 2.68. The van der Waals surface area contributed by atoms with Crippen LogP contribution in [0, 0.1) is 5.92 Å². The van der Waals surface area contributed by atoms with Gasteiger partial charge in [-0.1, -0.05) is 0 Å². The lowest BCUT2D eigenvalue weighted by Gasteiger charge is -2.19. The van der Waals surface area contributed by atoms with Crippen LogP contribution in [0.15, 0.2) is 12.3 Å². The summed E-state index contributed by atoms with van der Waals surface area (Å²) in [7, 11) is 0. The minimum atomic E-state index is 0.196. The molecule has 3 N–H and O–H groups in total. The first-order valence-electron chi connectivity index (χ1n) is 7.02. The zero-order chi connectivity index (χ0) is 13.1. The fourth-order valence-corrected chi connectivity index (χ4v) is 2.97. The molecule has 0 aliphatic carbocycles. The topological polar surface area (TPSA) is 73.3 Å². The Morgan fingerprint density at radius 3 is 3.26 bits per heavy atom. The highest BCUT2D eigenvalue weighted by Gasteiger charge is 2.36. The molecular weight excluding hydrogens is 242 g/mol. The van der Waals surface area contributed by atoms with E-state index in [0.29, 0.717) is 6.04 Å². The van der Waals surface area contributed by atoms with Crippen LogP contribution in [0.2, 0.25) is 0 Å². The number of fused-ring (bicyclic) bond motifs is 1. The van der Waals surface area contributed by atoms with Gasteiger partial charge < -0.3 is 20.6 Å². The number of hydrogen-bond donors (Lipinski definition) is 3. The predicted molar refractivity (Wildman–Crippen MR) is 74.3 cm³/mol. The number of hydrogen-bond acceptors (Lipinski definition) is 6. The molecule has 19 heavy (non-hydrogen) atoms. The van der Waals surface area contributed by atoms with Crippen LogP contribution in [0.25, 0.3) is 0 Å². The van der Waals surface area contributed by atoms with Gasteiger partial charge in [0.15, 0.2) is 5.82 Å². The van der Waals surface area contributed by atoms with Gasteiger partial charge in [-0.05, 0) is 25.3 Å². The fourth-order valence-electron chi connectivity index (χ4n) is 2.97. The molecule has 2 aliphatic rings. The van der Waals surface area contributed by atoms with Gasteiger partial charge in [0.2, 0.25) is 0 Å². The maximum atomic E-state index is 8.77. The first kappa shape index (κ1) is 12.6. The van der Waals surface area contributed by atoms with Crippen LogP contribution in [0.4, 0.5) is 11.5 Å². The van der Waals surface area contributed by atoms with Crippen molar-refractivity contribution in [2.75, 3.05) is 43.0 Å². The molecule has 6 nitrogen and oxygen atoms in total. The van der Waals surface area contributed by atoms with Crippen LogP contribution >= 0.6 is 0 Å². The smallest absolute Gasteiger partial charge is 0.150 e. The van der Waals surface area contributed by atoms with E-state index >= 15 is 0 Å². The van der Waals surface area contributed by atoms with E-state index in [0.717, 1.165) is 50.0 Å². The SMILES string of the molecule is OCCCNc1cc(N2C[C@H]3CCN[C@H]3C2)cnn1. The highest BCUT2D eigenvalue weighted by molar-refractivity contribution is 5.53. The lowest BCUT2D eigenvalue weighted by Crippen LogP contribution is -2.30. The van der Waals surface area contributed by atoms with Crippen molar-refractivity contribution in [1.82, 2.24) is 15.5 Å². The summed E-state index contributed by atoms with van der Waals surface area (Å²) in [4.78, 5) is 2.38. The number of nitrogens with zero attached hydrogens (tertiary/aromatic N) is 3. The number of nitrogens with one attached hydrogen (secondary N) is 2. The van der Waals surface area contributed by atoms with Crippen molar-refractivity contribution in [3.63, 3.8) is 0 Å². The lowest BCUT2D eigenvalue weighted by atomic mass is 10.1. The Morgan fingerprint density at radius 2 is 2.42 bits per heavy atom. The maximum absolute atomic E-state index is 8.77. The normalized spacial score (nSPS) is 25.6. The van der Waals surface area contributed by atoms with Gasteiger partial charge >= 0.3 is 0 Å². The van der Waals surface area contributed by atoms with E-state index in [4.69, 9.17) is 5.11 Å². The number of aromatic nitrogens is 2. The van der Waals surface area contributed by atoms with Gasteiger partial charge in [-0.15, -0.1) is 5.10 Å². The van der Waals surface area contributed by atoms with Gasteiger partial charge in [-0.3, -0.25) is 0 Å². The molecule has 2 atom stereocenters. The number of aliphatic hydroxyl groups is 1. The predicted octanol–water partition coefficient (Wildman–Crippen LogP) is 0.0690. The zero-order valence-corrected chi connectivity index (χ0v) is 11.0. The highest BCUT2D eigenvalue weighted by Crippen LogP contribution is 2.29.